The van der Waals surface area contributed by atoms with Crippen LogP contribution in [0.5, 0.6) is 0 Å². The molecule has 1 saturated heterocycles. The molecule has 126 valence electrons. The van der Waals surface area contributed by atoms with Crippen LogP contribution in [-0.2, 0) is 9.53 Å². The number of likely N-dealkylation sites (tertiary alicyclic amines) is 1. The number of primary amides is 1. The molecule has 2 N–H and O–H groups in total. The van der Waals surface area contributed by atoms with E-state index in [0.29, 0.717) is 19.5 Å². The predicted molar refractivity (Wildman–Crippen MR) is 84.7 cm³/mol. The monoisotopic (exact) mass is 342 g/mol. The minimum atomic E-state index is -0.624. The summed E-state index contributed by atoms with van der Waals surface area (Å²) in [6.45, 7) is 0.857. The Kier molecular flexibility index (Phi) is 5.59. The Morgan fingerprint density at radius 1 is 1.48 bits per heavy atom. The van der Waals surface area contributed by atoms with Crippen molar-refractivity contribution in [3.63, 3.8) is 0 Å². The Labute approximate surface area is 139 Å². The van der Waals surface area contributed by atoms with Gasteiger partial charge in [0.05, 0.1) is 16.2 Å². The molecule has 23 heavy (non-hydrogen) atoms. The van der Waals surface area contributed by atoms with Crippen molar-refractivity contribution in [2.24, 2.45) is 5.73 Å². The number of carbonyl (C=O) groups excluding carboxylic acids is 2. The summed E-state index contributed by atoms with van der Waals surface area (Å²) in [4.78, 5) is 25.3. The lowest BCUT2D eigenvalue weighted by atomic mass is 9.87. The van der Waals surface area contributed by atoms with Crippen LogP contribution in [0.25, 0.3) is 0 Å². The summed E-state index contributed by atoms with van der Waals surface area (Å²) in [7, 11) is 1.56. The van der Waals surface area contributed by atoms with Gasteiger partial charge >= 0.3 is 0 Å². The second-order valence-corrected chi connectivity index (χ2v) is 6.16. The summed E-state index contributed by atoms with van der Waals surface area (Å²) in [5.74, 6) is -1.37. The van der Waals surface area contributed by atoms with E-state index in [9.17, 15) is 14.0 Å². The Hall–Kier alpha value is -1.66. The fraction of sp³-hybridized carbons (Fsp3) is 0.500. The Morgan fingerprint density at radius 3 is 2.87 bits per heavy atom. The summed E-state index contributed by atoms with van der Waals surface area (Å²) in [5.41, 5.74) is 4.74. The highest BCUT2D eigenvalue weighted by molar-refractivity contribution is 6.34. The van der Waals surface area contributed by atoms with Crippen LogP contribution in [0.15, 0.2) is 18.2 Å². The van der Waals surface area contributed by atoms with Crippen molar-refractivity contribution in [2.45, 2.75) is 31.3 Å². The van der Waals surface area contributed by atoms with Gasteiger partial charge in [-0.1, -0.05) is 17.7 Å². The number of nitrogens with zero attached hydrogens (tertiary/aromatic N) is 1. The highest BCUT2D eigenvalue weighted by Crippen LogP contribution is 2.31. The van der Waals surface area contributed by atoms with Crippen LogP contribution >= 0.6 is 11.6 Å². The van der Waals surface area contributed by atoms with Crippen LogP contribution in [0, 0.1) is 5.82 Å². The number of piperidine rings is 1. The summed E-state index contributed by atoms with van der Waals surface area (Å²) < 4.78 is 19.1. The SMILES string of the molecule is COC1(CCC(N)=O)CCCN(C(=O)c2cccc(F)c2Cl)C1. The molecule has 1 fully saturated rings. The van der Waals surface area contributed by atoms with E-state index < -0.39 is 17.3 Å². The zero-order chi connectivity index (χ0) is 17.0. The number of hydrogen-bond donors (Lipinski definition) is 1. The molecule has 1 atom stereocenters. The molecule has 1 heterocycles. The van der Waals surface area contributed by atoms with Gasteiger partial charge in [-0.2, -0.15) is 0 Å². The zero-order valence-electron chi connectivity index (χ0n) is 13.0. The standard InChI is InChI=1S/C16H20ClFN2O3/c1-23-16(8-6-13(19)21)7-3-9-20(10-16)15(22)11-4-2-5-12(18)14(11)17/h2,4-5H,3,6-10H2,1H3,(H2,19,21). The first-order valence-electron chi connectivity index (χ1n) is 7.45. The summed E-state index contributed by atoms with van der Waals surface area (Å²) in [6, 6.07) is 4.16. The van der Waals surface area contributed by atoms with Crippen molar-refractivity contribution in [3.05, 3.63) is 34.6 Å². The second kappa shape index (κ2) is 7.27. The molecule has 0 saturated carbocycles. The molecule has 1 aliphatic rings. The zero-order valence-corrected chi connectivity index (χ0v) is 13.7. The number of nitrogens with two attached hydrogens (primary N) is 1. The Balaban J connectivity index is 2.17. The molecule has 0 aromatic heterocycles. The summed E-state index contributed by atoms with van der Waals surface area (Å²) >= 11 is 5.90. The normalized spacial score (nSPS) is 21.3. The second-order valence-electron chi connectivity index (χ2n) is 5.79. The fourth-order valence-electron chi connectivity index (χ4n) is 2.93. The average Bonchev–Trinajstić information content (AvgIpc) is 2.55. The molecule has 7 heteroatoms. The van der Waals surface area contributed by atoms with E-state index >= 15 is 0 Å². The molecular formula is C16H20ClFN2O3. The van der Waals surface area contributed by atoms with Crippen LogP contribution in [0.1, 0.15) is 36.0 Å². The first-order valence-corrected chi connectivity index (χ1v) is 7.83. The highest BCUT2D eigenvalue weighted by atomic mass is 35.5. The molecule has 2 amide bonds. The van der Waals surface area contributed by atoms with Gasteiger partial charge in [-0.15, -0.1) is 0 Å². The number of halogens is 2. The maximum Gasteiger partial charge on any atom is 0.255 e. The summed E-state index contributed by atoms with van der Waals surface area (Å²) in [6.07, 6.45) is 2.10. The number of amides is 2. The quantitative estimate of drug-likeness (QED) is 0.892. The maximum atomic E-state index is 13.6. The van der Waals surface area contributed by atoms with E-state index in [1.807, 2.05) is 0 Å². The minimum absolute atomic E-state index is 0.133. The number of ether oxygens (including phenoxy) is 1. The van der Waals surface area contributed by atoms with Gasteiger partial charge in [0.25, 0.3) is 5.91 Å². The lowest BCUT2D eigenvalue weighted by molar-refractivity contribution is -0.120. The van der Waals surface area contributed by atoms with Gasteiger partial charge in [-0.3, -0.25) is 9.59 Å². The molecular weight excluding hydrogens is 323 g/mol. The van der Waals surface area contributed by atoms with Crippen LogP contribution in [0.4, 0.5) is 4.39 Å². The van der Waals surface area contributed by atoms with Gasteiger partial charge in [0.1, 0.15) is 5.82 Å². The smallest absolute Gasteiger partial charge is 0.255 e. The number of carbonyl (C=O) groups is 2. The lowest BCUT2D eigenvalue weighted by Gasteiger charge is -2.42. The number of hydrogen-bond acceptors (Lipinski definition) is 3. The van der Waals surface area contributed by atoms with E-state index in [2.05, 4.69) is 0 Å². The first kappa shape index (κ1) is 17.7. The molecule has 1 unspecified atom stereocenters. The largest absolute Gasteiger partial charge is 0.376 e. The molecule has 1 aliphatic heterocycles. The van der Waals surface area contributed by atoms with Crippen molar-refractivity contribution in [3.8, 4) is 0 Å². The molecule has 5 nitrogen and oxygen atoms in total. The van der Waals surface area contributed by atoms with E-state index in [4.69, 9.17) is 22.1 Å². The maximum absolute atomic E-state index is 13.6. The Bertz CT molecular complexity index is 611. The van der Waals surface area contributed by atoms with Gasteiger partial charge in [0, 0.05) is 26.6 Å². The highest BCUT2D eigenvalue weighted by Gasteiger charge is 2.38. The third kappa shape index (κ3) is 4.00. The van der Waals surface area contributed by atoms with Gasteiger partial charge in [0.2, 0.25) is 5.91 Å². The topological polar surface area (TPSA) is 72.6 Å². The molecule has 1 aromatic rings. The van der Waals surface area contributed by atoms with E-state index in [1.54, 1.807) is 12.0 Å². The van der Waals surface area contributed by atoms with Gasteiger partial charge in [0.15, 0.2) is 0 Å². The molecule has 0 radical (unpaired) electrons. The van der Waals surface area contributed by atoms with Gasteiger partial charge in [-0.25, -0.2) is 4.39 Å². The molecule has 0 spiro atoms. The van der Waals surface area contributed by atoms with Crippen molar-refractivity contribution >= 4 is 23.4 Å². The first-order chi connectivity index (χ1) is 10.9. The molecule has 1 aromatic carbocycles. The predicted octanol–water partition coefficient (Wildman–Crippen LogP) is 2.37. The number of methoxy groups -OCH3 is 1. The van der Waals surface area contributed by atoms with Crippen LogP contribution in [0.3, 0.4) is 0 Å². The van der Waals surface area contributed by atoms with E-state index in [0.717, 1.165) is 12.8 Å². The van der Waals surface area contributed by atoms with Crippen molar-refractivity contribution in [2.75, 3.05) is 20.2 Å². The average molecular weight is 343 g/mol. The fourth-order valence-corrected chi connectivity index (χ4v) is 3.14. The van der Waals surface area contributed by atoms with Gasteiger partial charge < -0.3 is 15.4 Å². The van der Waals surface area contributed by atoms with Crippen LogP contribution in [-0.4, -0.2) is 42.5 Å². The summed E-state index contributed by atoms with van der Waals surface area (Å²) in [5, 5.41) is -0.178. The van der Waals surface area contributed by atoms with Crippen molar-refractivity contribution in [1.82, 2.24) is 4.90 Å². The molecule has 0 bridgehead atoms. The van der Waals surface area contributed by atoms with Gasteiger partial charge in [-0.05, 0) is 31.4 Å². The minimum Gasteiger partial charge on any atom is -0.376 e. The van der Waals surface area contributed by atoms with Crippen LogP contribution in [0.2, 0.25) is 5.02 Å². The van der Waals surface area contributed by atoms with E-state index in [1.165, 1.54) is 18.2 Å². The lowest BCUT2D eigenvalue weighted by Crippen LogP contribution is -2.51. The van der Waals surface area contributed by atoms with Crippen molar-refractivity contribution < 1.29 is 18.7 Å². The number of rotatable bonds is 5. The number of benzene rings is 1. The third-order valence-corrected chi connectivity index (χ3v) is 4.65. The van der Waals surface area contributed by atoms with Crippen molar-refractivity contribution in [1.29, 1.82) is 0 Å². The Morgan fingerprint density at radius 2 is 2.22 bits per heavy atom. The molecule has 0 aliphatic carbocycles. The van der Waals surface area contributed by atoms with Crippen LogP contribution < -0.4 is 5.73 Å². The molecule has 2 rings (SSSR count). The van der Waals surface area contributed by atoms with E-state index in [-0.39, 0.29) is 22.9 Å². The third-order valence-electron chi connectivity index (χ3n) is 4.27.